The topological polar surface area (TPSA) is 81.1 Å². The van der Waals surface area contributed by atoms with E-state index in [4.69, 9.17) is 0 Å². The van der Waals surface area contributed by atoms with Crippen LogP contribution in [0.2, 0.25) is 0 Å². The first-order valence-electron chi connectivity index (χ1n) is 9.44. The van der Waals surface area contributed by atoms with Crippen LogP contribution in [-0.4, -0.2) is 28.8 Å². The Labute approximate surface area is 170 Å². The van der Waals surface area contributed by atoms with Crippen molar-refractivity contribution < 1.29 is 19.8 Å². The zero-order valence-corrected chi connectivity index (χ0v) is 17.6. The standard InChI is InChI=1S/C23H26N2O4/c1-12-9-14(3)20(16(5)18(12)22(26)27)24-7-8-25(11-24)21-15(4)10-13(2)19(17(21)6)23(28)29/h7-10H,11H2,1-6H3,(H,26,27)(H,28,29). The smallest absolute Gasteiger partial charge is 0.336 e. The van der Waals surface area contributed by atoms with E-state index in [0.29, 0.717) is 17.8 Å². The van der Waals surface area contributed by atoms with Gasteiger partial charge in [-0.2, -0.15) is 0 Å². The number of carbonyl (C=O) groups is 2. The Morgan fingerprint density at radius 2 is 1.03 bits per heavy atom. The first kappa shape index (κ1) is 20.5. The molecule has 0 radical (unpaired) electrons. The van der Waals surface area contributed by atoms with Gasteiger partial charge in [0.1, 0.15) is 0 Å². The number of anilines is 2. The lowest BCUT2D eigenvalue weighted by molar-refractivity contribution is 0.0684. The lowest BCUT2D eigenvalue weighted by atomic mass is 9.96. The molecule has 1 heterocycles. The molecule has 0 spiro atoms. The predicted molar refractivity (Wildman–Crippen MR) is 114 cm³/mol. The Balaban J connectivity index is 2.05. The van der Waals surface area contributed by atoms with E-state index in [1.54, 1.807) is 0 Å². The molecule has 6 nitrogen and oxygen atoms in total. The number of hydrogen-bond acceptors (Lipinski definition) is 4. The average molecular weight is 394 g/mol. The van der Waals surface area contributed by atoms with Crippen molar-refractivity contribution >= 4 is 23.3 Å². The first-order valence-corrected chi connectivity index (χ1v) is 9.44. The maximum absolute atomic E-state index is 11.7. The zero-order chi connectivity index (χ0) is 21.6. The number of carboxylic acids is 2. The second-order valence-electron chi connectivity index (χ2n) is 7.71. The van der Waals surface area contributed by atoms with Gasteiger partial charge in [0.2, 0.25) is 0 Å². The Kier molecular flexibility index (Phi) is 5.13. The summed E-state index contributed by atoms with van der Waals surface area (Å²) in [6, 6.07) is 3.79. The van der Waals surface area contributed by atoms with Gasteiger partial charge >= 0.3 is 11.9 Å². The second-order valence-corrected chi connectivity index (χ2v) is 7.71. The molecule has 1 aliphatic heterocycles. The van der Waals surface area contributed by atoms with Gasteiger partial charge < -0.3 is 20.0 Å². The van der Waals surface area contributed by atoms with Crippen LogP contribution in [0.25, 0.3) is 0 Å². The van der Waals surface area contributed by atoms with Gasteiger partial charge in [-0.3, -0.25) is 0 Å². The SMILES string of the molecule is Cc1cc(C)c(N2C=CN(c3c(C)cc(C)c(C(=O)O)c3C)C2)c(C)c1C(=O)O. The van der Waals surface area contributed by atoms with Gasteiger partial charge in [0, 0.05) is 23.8 Å². The highest BCUT2D eigenvalue weighted by Gasteiger charge is 2.26. The molecule has 3 rings (SSSR count). The van der Waals surface area contributed by atoms with E-state index in [0.717, 1.165) is 44.8 Å². The molecule has 2 aromatic carbocycles. The van der Waals surface area contributed by atoms with Crippen LogP contribution in [0.4, 0.5) is 11.4 Å². The zero-order valence-electron chi connectivity index (χ0n) is 17.6. The van der Waals surface area contributed by atoms with Crippen LogP contribution in [-0.2, 0) is 0 Å². The second kappa shape index (κ2) is 7.28. The van der Waals surface area contributed by atoms with Crippen molar-refractivity contribution in [2.45, 2.75) is 41.5 Å². The van der Waals surface area contributed by atoms with E-state index in [-0.39, 0.29) is 0 Å². The summed E-state index contributed by atoms with van der Waals surface area (Å²) in [6.07, 6.45) is 3.82. The molecule has 0 aliphatic carbocycles. The minimum Gasteiger partial charge on any atom is -0.478 e. The summed E-state index contributed by atoms with van der Waals surface area (Å²) in [4.78, 5) is 27.5. The lowest BCUT2D eigenvalue weighted by Crippen LogP contribution is -2.28. The number of carboxylic acid groups (broad SMARTS) is 2. The number of aromatic carboxylic acids is 2. The van der Waals surface area contributed by atoms with Crippen molar-refractivity contribution in [1.82, 2.24) is 0 Å². The van der Waals surface area contributed by atoms with E-state index >= 15 is 0 Å². The molecule has 0 aromatic heterocycles. The van der Waals surface area contributed by atoms with Crippen LogP contribution >= 0.6 is 0 Å². The van der Waals surface area contributed by atoms with Crippen LogP contribution in [0, 0.1) is 41.5 Å². The van der Waals surface area contributed by atoms with Crippen molar-refractivity contribution in [3.05, 3.63) is 69.0 Å². The maximum Gasteiger partial charge on any atom is 0.336 e. The molecule has 2 N–H and O–H groups in total. The van der Waals surface area contributed by atoms with Crippen molar-refractivity contribution in [2.24, 2.45) is 0 Å². The molecule has 29 heavy (non-hydrogen) atoms. The predicted octanol–water partition coefficient (Wildman–Crippen LogP) is 4.69. The average Bonchev–Trinajstić information content (AvgIpc) is 3.01. The molecule has 0 atom stereocenters. The summed E-state index contributed by atoms with van der Waals surface area (Å²) in [6.45, 7) is 11.7. The fourth-order valence-electron chi connectivity index (χ4n) is 4.60. The fourth-order valence-corrected chi connectivity index (χ4v) is 4.60. The molecule has 152 valence electrons. The molecule has 0 bridgehead atoms. The number of rotatable bonds is 4. The Morgan fingerprint density at radius 3 is 1.34 bits per heavy atom. The lowest BCUT2D eigenvalue weighted by Gasteiger charge is -2.28. The van der Waals surface area contributed by atoms with Crippen LogP contribution in [0.15, 0.2) is 24.5 Å². The minimum atomic E-state index is -0.933. The van der Waals surface area contributed by atoms with Gasteiger partial charge in [0.25, 0.3) is 0 Å². The number of aryl methyl sites for hydroxylation is 4. The Hall–Kier alpha value is -3.28. The Bertz CT molecular complexity index is 986. The minimum absolute atomic E-state index is 0.327. The van der Waals surface area contributed by atoms with Gasteiger partial charge in [0.15, 0.2) is 0 Å². The third-order valence-electron chi connectivity index (χ3n) is 5.60. The van der Waals surface area contributed by atoms with Gasteiger partial charge in [-0.05, 0) is 74.9 Å². The number of hydrogen-bond donors (Lipinski definition) is 2. The summed E-state index contributed by atoms with van der Waals surface area (Å²) >= 11 is 0. The molecule has 0 amide bonds. The summed E-state index contributed by atoms with van der Waals surface area (Å²) < 4.78 is 0. The molecule has 1 aliphatic rings. The Morgan fingerprint density at radius 1 is 0.690 bits per heavy atom. The molecule has 6 heteroatoms. The number of nitrogens with zero attached hydrogens (tertiary/aromatic N) is 2. The summed E-state index contributed by atoms with van der Waals surface area (Å²) in [5.41, 5.74) is 7.33. The van der Waals surface area contributed by atoms with Crippen molar-refractivity contribution in [1.29, 1.82) is 0 Å². The summed E-state index contributed by atoms with van der Waals surface area (Å²) in [5, 5.41) is 19.2. The summed E-state index contributed by atoms with van der Waals surface area (Å²) in [5.74, 6) is -1.87. The quantitative estimate of drug-likeness (QED) is 0.783. The van der Waals surface area contributed by atoms with Crippen LogP contribution in [0.5, 0.6) is 0 Å². The molecular weight excluding hydrogens is 368 g/mol. The van der Waals surface area contributed by atoms with E-state index in [2.05, 4.69) is 0 Å². The van der Waals surface area contributed by atoms with Crippen molar-refractivity contribution in [3.8, 4) is 0 Å². The van der Waals surface area contributed by atoms with E-state index < -0.39 is 11.9 Å². The molecule has 0 unspecified atom stereocenters. The van der Waals surface area contributed by atoms with Gasteiger partial charge in [0.05, 0.1) is 17.8 Å². The highest BCUT2D eigenvalue weighted by molar-refractivity contribution is 5.95. The van der Waals surface area contributed by atoms with Crippen LogP contribution in [0.1, 0.15) is 54.1 Å². The highest BCUT2D eigenvalue weighted by Crippen LogP contribution is 2.36. The van der Waals surface area contributed by atoms with Gasteiger partial charge in [-0.15, -0.1) is 0 Å². The third kappa shape index (κ3) is 3.35. The molecule has 0 saturated heterocycles. The molecule has 2 aromatic rings. The van der Waals surface area contributed by atoms with Crippen molar-refractivity contribution in [3.63, 3.8) is 0 Å². The van der Waals surface area contributed by atoms with E-state index in [1.165, 1.54) is 0 Å². The van der Waals surface area contributed by atoms with Gasteiger partial charge in [-0.1, -0.05) is 12.1 Å². The fraction of sp³-hybridized carbons (Fsp3) is 0.304. The summed E-state index contributed by atoms with van der Waals surface area (Å²) in [7, 11) is 0. The molecule has 0 fully saturated rings. The monoisotopic (exact) mass is 394 g/mol. The number of benzene rings is 2. The van der Waals surface area contributed by atoms with Gasteiger partial charge in [-0.25, -0.2) is 9.59 Å². The van der Waals surface area contributed by atoms with Crippen molar-refractivity contribution in [2.75, 3.05) is 16.5 Å². The normalized spacial score (nSPS) is 13.3. The first-order chi connectivity index (χ1) is 13.5. The highest BCUT2D eigenvalue weighted by atomic mass is 16.4. The van der Waals surface area contributed by atoms with E-state index in [9.17, 15) is 19.8 Å². The van der Waals surface area contributed by atoms with E-state index in [1.807, 2.05) is 75.9 Å². The third-order valence-corrected chi connectivity index (χ3v) is 5.60. The van der Waals surface area contributed by atoms with Crippen LogP contribution < -0.4 is 9.80 Å². The largest absolute Gasteiger partial charge is 0.478 e. The maximum atomic E-state index is 11.7. The van der Waals surface area contributed by atoms with Crippen LogP contribution in [0.3, 0.4) is 0 Å². The molecule has 0 saturated carbocycles. The molecular formula is C23H26N2O4.